The Morgan fingerprint density at radius 1 is 1.47 bits per heavy atom. The number of hydrogen-bond acceptors (Lipinski definition) is 2. The Morgan fingerprint density at radius 2 is 2.13 bits per heavy atom. The summed E-state index contributed by atoms with van der Waals surface area (Å²) in [6.45, 7) is 9.23. The second-order valence-electron chi connectivity index (χ2n) is 3.88. The van der Waals surface area contributed by atoms with Gasteiger partial charge in [0.05, 0.1) is 0 Å². The van der Waals surface area contributed by atoms with Gasteiger partial charge in [-0.05, 0) is 12.8 Å². The van der Waals surface area contributed by atoms with E-state index in [1.807, 2.05) is 4.90 Å². The van der Waals surface area contributed by atoms with Gasteiger partial charge in [-0.25, -0.2) is 0 Å². The first kappa shape index (κ1) is 14.2. The molecule has 0 bridgehead atoms. The molecule has 2 N–H and O–H groups in total. The van der Waals surface area contributed by atoms with E-state index >= 15 is 0 Å². The van der Waals surface area contributed by atoms with Crippen LogP contribution in [0, 0.1) is 0 Å². The summed E-state index contributed by atoms with van der Waals surface area (Å²) in [4.78, 5) is 13.6. The Kier molecular flexibility index (Phi) is 8.01. The maximum absolute atomic E-state index is 11.8. The van der Waals surface area contributed by atoms with Crippen molar-refractivity contribution in [1.82, 2.24) is 4.90 Å². The highest BCUT2D eigenvalue weighted by Gasteiger charge is 2.14. The number of nitrogens with zero attached hydrogens (tertiary/aromatic N) is 1. The van der Waals surface area contributed by atoms with Crippen LogP contribution >= 0.6 is 0 Å². The molecule has 15 heavy (non-hydrogen) atoms. The third-order valence-corrected chi connectivity index (χ3v) is 2.29. The summed E-state index contributed by atoms with van der Waals surface area (Å²) in [5, 5.41) is 0. The minimum absolute atomic E-state index is 0.00618. The van der Waals surface area contributed by atoms with Gasteiger partial charge in [-0.15, -0.1) is 6.58 Å². The predicted molar refractivity (Wildman–Crippen MR) is 64.6 cm³/mol. The first-order valence-electron chi connectivity index (χ1n) is 5.79. The van der Waals surface area contributed by atoms with Crippen molar-refractivity contribution in [2.45, 2.75) is 45.6 Å². The Bertz CT molecular complexity index is 192. The van der Waals surface area contributed by atoms with Gasteiger partial charge in [-0.3, -0.25) is 4.79 Å². The van der Waals surface area contributed by atoms with Gasteiger partial charge >= 0.3 is 0 Å². The molecular weight excluding hydrogens is 188 g/mol. The molecule has 0 aliphatic heterocycles. The van der Waals surface area contributed by atoms with Crippen LogP contribution in [-0.4, -0.2) is 29.9 Å². The lowest BCUT2D eigenvalue weighted by molar-refractivity contribution is -0.131. The van der Waals surface area contributed by atoms with Crippen LogP contribution in [0.5, 0.6) is 0 Å². The van der Waals surface area contributed by atoms with E-state index in [1.165, 1.54) is 0 Å². The number of nitrogens with two attached hydrogens (primary N) is 1. The summed E-state index contributed by atoms with van der Waals surface area (Å²) >= 11 is 0. The van der Waals surface area contributed by atoms with Crippen LogP contribution in [0.1, 0.15) is 39.5 Å². The van der Waals surface area contributed by atoms with E-state index in [1.54, 1.807) is 6.08 Å². The average Bonchev–Trinajstić information content (AvgIpc) is 2.17. The molecular formula is C12H24N2O. The molecule has 0 aliphatic rings. The summed E-state index contributed by atoms with van der Waals surface area (Å²) in [5.41, 5.74) is 5.84. The fraction of sp³-hybridized carbons (Fsp3) is 0.750. The lowest BCUT2D eigenvalue weighted by Gasteiger charge is -2.22. The quantitative estimate of drug-likeness (QED) is 0.625. The number of rotatable bonds is 8. The number of amides is 1. The van der Waals surface area contributed by atoms with E-state index in [4.69, 9.17) is 5.73 Å². The molecule has 0 aromatic carbocycles. The van der Waals surface area contributed by atoms with Crippen LogP contribution in [0.25, 0.3) is 0 Å². The minimum Gasteiger partial charge on any atom is -0.339 e. The average molecular weight is 212 g/mol. The third kappa shape index (κ3) is 6.28. The number of carbonyl (C=O) groups excluding carboxylic acids is 1. The van der Waals surface area contributed by atoms with Crippen molar-refractivity contribution >= 4 is 5.91 Å². The van der Waals surface area contributed by atoms with Crippen molar-refractivity contribution in [3.63, 3.8) is 0 Å². The summed E-state index contributed by atoms with van der Waals surface area (Å²) in [5.74, 6) is 0.151. The maximum Gasteiger partial charge on any atom is 0.224 e. The predicted octanol–water partition coefficient (Wildman–Crippen LogP) is 1.93. The normalized spacial score (nSPS) is 12.2. The van der Waals surface area contributed by atoms with Crippen LogP contribution in [0.15, 0.2) is 12.7 Å². The number of hydrogen-bond donors (Lipinski definition) is 1. The Hall–Kier alpha value is -0.830. The van der Waals surface area contributed by atoms with Gasteiger partial charge in [0.2, 0.25) is 5.91 Å². The largest absolute Gasteiger partial charge is 0.339 e. The van der Waals surface area contributed by atoms with Crippen LogP contribution < -0.4 is 5.73 Å². The summed E-state index contributed by atoms with van der Waals surface area (Å²) in [7, 11) is 0. The highest BCUT2D eigenvalue weighted by atomic mass is 16.2. The van der Waals surface area contributed by atoms with Crippen molar-refractivity contribution in [2.24, 2.45) is 5.73 Å². The summed E-state index contributed by atoms with van der Waals surface area (Å²) in [6, 6.07) is 0.00618. The summed E-state index contributed by atoms with van der Waals surface area (Å²) in [6.07, 6.45) is 5.15. The van der Waals surface area contributed by atoms with E-state index < -0.39 is 0 Å². The van der Waals surface area contributed by atoms with Gasteiger partial charge in [0.1, 0.15) is 0 Å². The smallest absolute Gasteiger partial charge is 0.224 e. The van der Waals surface area contributed by atoms with E-state index in [2.05, 4.69) is 20.4 Å². The lowest BCUT2D eigenvalue weighted by atomic mass is 10.1. The molecule has 0 heterocycles. The standard InChI is InChI=1S/C12H24N2O/c1-4-7-11(13)10-12(15)14(8-5-2)9-6-3/h5,11H,2,4,6-10,13H2,1,3H3. The Labute approximate surface area is 93.3 Å². The highest BCUT2D eigenvalue weighted by Crippen LogP contribution is 2.03. The Morgan fingerprint density at radius 3 is 2.60 bits per heavy atom. The molecule has 0 aliphatic carbocycles. The lowest BCUT2D eigenvalue weighted by Crippen LogP contribution is -2.36. The first-order valence-corrected chi connectivity index (χ1v) is 5.79. The van der Waals surface area contributed by atoms with Crippen LogP contribution in [-0.2, 0) is 4.79 Å². The van der Waals surface area contributed by atoms with Crippen molar-refractivity contribution in [1.29, 1.82) is 0 Å². The molecule has 88 valence electrons. The zero-order valence-electron chi connectivity index (χ0n) is 10.0. The molecule has 0 aromatic heterocycles. The fourth-order valence-corrected chi connectivity index (χ4v) is 1.57. The molecule has 0 fully saturated rings. The molecule has 3 nitrogen and oxygen atoms in total. The topological polar surface area (TPSA) is 46.3 Å². The zero-order valence-corrected chi connectivity index (χ0v) is 10.0. The molecule has 0 aromatic rings. The van der Waals surface area contributed by atoms with Crippen LogP contribution in [0.2, 0.25) is 0 Å². The number of carbonyl (C=O) groups is 1. The molecule has 0 spiro atoms. The van der Waals surface area contributed by atoms with E-state index in [-0.39, 0.29) is 11.9 Å². The van der Waals surface area contributed by atoms with Gasteiger partial charge in [0, 0.05) is 25.6 Å². The first-order chi connectivity index (χ1) is 7.15. The maximum atomic E-state index is 11.8. The van der Waals surface area contributed by atoms with Gasteiger partial charge in [-0.1, -0.05) is 26.3 Å². The zero-order chi connectivity index (χ0) is 11.7. The van der Waals surface area contributed by atoms with Crippen molar-refractivity contribution in [3.8, 4) is 0 Å². The molecule has 1 atom stereocenters. The third-order valence-electron chi connectivity index (χ3n) is 2.29. The van der Waals surface area contributed by atoms with Crippen molar-refractivity contribution in [3.05, 3.63) is 12.7 Å². The molecule has 0 saturated heterocycles. The SMILES string of the molecule is C=CCN(CCC)C(=O)CC(N)CCC. The van der Waals surface area contributed by atoms with Gasteiger partial charge in [0.25, 0.3) is 0 Å². The second-order valence-corrected chi connectivity index (χ2v) is 3.88. The van der Waals surface area contributed by atoms with Gasteiger partial charge in [0.15, 0.2) is 0 Å². The van der Waals surface area contributed by atoms with E-state index in [0.717, 1.165) is 25.8 Å². The molecule has 0 rings (SSSR count). The molecule has 1 unspecified atom stereocenters. The van der Waals surface area contributed by atoms with E-state index in [9.17, 15) is 4.79 Å². The molecule has 1 amide bonds. The van der Waals surface area contributed by atoms with Gasteiger partial charge < -0.3 is 10.6 Å². The van der Waals surface area contributed by atoms with Crippen LogP contribution in [0.3, 0.4) is 0 Å². The van der Waals surface area contributed by atoms with Crippen molar-refractivity contribution in [2.75, 3.05) is 13.1 Å². The highest BCUT2D eigenvalue weighted by molar-refractivity contribution is 5.76. The van der Waals surface area contributed by atoms with Gasteiger partial charge in [-0.2, -0.15) is 0 Å². The monoisotopic (exact) mass is 212 g/mol. The van der Waals surface area contributed by atoms with Crippen molar-refractivity contribution < 1.29 is 4.79 Å². The summed E-state index contributed by atoms with van der Waals surface area (Å²) < 4.78 is 0. The Balaban J connectivity index is 4.05. The minimum atomic E-state index is 0.00618. The molecule has 3 heteroatoms. The molecule has 0 radical (unpaired) electrons. The fourth-order valence-electron chi connectivity index (χ4n) is 1.57. The second kappa shape index (κ2) is 8.48. The van der Waals surface area contributed by atoms with Crippen LogP contribution in [0.4, 0.5) is 0 Å². The van der Waals surface area contributed by atoms with E-state index in [0.29, 0.717) is 13.0 Å². The molecule has 0 saturated carbocycles.